The summed E-state index contributed by atoms with van der Waals surface area (Å²) in [6.45, 7) is 5.47. The molecular formula is C13H20N4. The number of fused-ring (bicyclic) bond motifs is 1. The zero-order chi connectivity index (χ0) is 12.4. The van der Waals surface area contributed by atoms with Crippen LogP contribution in [0.15, 0.2) is 18.2 Å². The van der Waals surface area contributed by atoms with Gasteiger partial charge in [-0.1, -0.05) is 13.8 Å². The SMILES string of the molecule is CC(C)CCN(C)c1nc2ccc(N)cc2[nH]1. The van der Waals surface area contributed by atoms with E-state index in [0.717, 1.165) is 35.6 Å². The maximum Gasteiger partial charge on any atom is 0.203 e. The molecule has 0 aliphatic carbocycles. The Labute approximate surface area is 102 Å². The molecule has 1 aromatic carbocycles. The largest absolute Gasteiger partial charge is 0.399 e. The van der Waals surface area contributed by atoms with Crippen LogP contribution in [0.1, 0.15) is 20.3 Å². The molecule has 0 fully saturated rings. The lowest BCUT2D eigenvalue weighted by atomic mass is 10.1. The molecule has 0 radical (unpaired) electrons. The Balaban J connectivity index is 2.18. The molecular weight excluding hydrogens is 212 g/mol. The monoisotopic (exact) mass is 232 g/mol. The first-order chi connectivity index (χ1) is 8.06. The van der Waals surface area contributed by atoms with Crippen molar-refractivity contribution in [3.8, 4) is 0 Å². The Hall–Kier alpha value is -1.71. The zero-order valence-corrected chi connectivity index (χ0v) is 10.7. The molecule has 17 heavy (non-hydrogen) atoms. The van der Waals surface area contributed by atoms with Gasteiger partial charge in [0.25, 0.3) is 0 Å². The van der Waals surface area contributed by atoms with Crippen LogP contribution in [0.4, 0.5) is 11.6 Å². The lowest BCUT2D eigenvalue weighted by Gasteiger charge is -2.16. The summed E-state index contributed by atoms with van der Waals surface area (Å²) in [6, 6.07) is 5.74. The smallest absolute Gasteiger partial charge is 0.203 e. The normalized spacial score (nSPS) is 11.3. The molecule has 0 saturated carbocycles. The van der Waals surface area contributed by atoms with Crippen LogP contribution in [0.2, 0.25) is 0 Å². The Morgan fingerprint density at radius 1 is 1.41 bits per heavy atom. The molecule has 0 saturated heterocycles. The number of nitrogens with zero attached hydrogens (tertiary/aromatic N) is 2. The third kappa shape index (κ3) is 2.70. The van der Waals surface area contributed by atoms with E-state index in [-0.39, 0.29) is 0 Å². The van der Waals surface area contributed by atoms with Gasteiger partial charge in [0.15, 0.2) is 0 Å². The summed E-state index contributed by atoms with van der Waals surface area (Å²) in [5.41, 5.74) is 8.47. The molecule has 92 valence electrons. The maximum atomic E-state index is 5.75. The average Bonchev–Trinajstić information content (AvgIpc) is 2.68. The van der Waals surface area contributed by atoms with Gasteiger partial charge in [0.2, 0.25) is 5.95 Å². The van der Waals surface area contributed by atoms with Gasteiger partial charge in [0.1, 0.15) is 0 Å². The highest BCUT2D eigenvalue weighted by molar-refractivity contribution is 5.80. The number of aromatic amines is 1. The minimum absolute atomic E-state index is 0.706. The van der Waals surface area contributed by atoms with E-state index in [4.69, 9.17) is 5.73 Å². The highest BCUT2D eigenvalue weighted by Gasteiger charge is 2.07. The molecule has 2 aromatic rings. The molecule has 0 unspecified atom stereocenters. The van der Waals surface area contributed by atoms with Gasteiger partial charge in [-0.3, -0.25) is 0 Å². The van der Waals surface area contributed by atoms with E-state index in [0.29, 0.717) is 5.92 Å². The number of nitrogens with two attached hydrogens (primary N) is 1. The Kier molecular flexibility index (Phi) is 3.22. The van der Waals surface area contributed by atoms with Crippen LogP contribution in [0.5, 0.6) is 0 Å². The molecule has 1 aromatic heterocycles. The minimum Gasteiger partial charge on any atom is -0.399 e. The molecule has 0 atom stereocenters. The van der Waals surface area contributed by atoms with E-state index in [2.05, 4.69) is 35.8 Å². The van der Waals surface area contributed by atoms with Gasteiger partial charge >= 0.3 is 0 Å². The van der Waals surface area contributed by atoms with Crippen molar-refractivity contribution in [3.63, 3.8) is 0 Å². The van der Waals surface area contributed by atoms with E-state index in [1.807, 2.05) is 18.2 Å². The maximum absolute atomic E-state index is 5.75. The molecule has 4 nitrogen and oxygen atoms in total. The number of nitrogen functional groups attached to an aromatic ring is 1. The van der Waals surface area contributed by atoms with E-state index in [1.165, 1.54) is 0 Å². The quantitative estimate of drug-likeness (QED) is 0.797. The molecule has 0 bridgehead atoms. The van der Waals surface area contributed by atoms with Crippen molar-refractivity contribution in [1.82, 2.24) is 9.97 Å². The van der Waals surface area contributed by atoms with Crippen molar-refractivity contribution < 1.29 is 0 Å². The summed E-state index contributed by atoms with van der Waals surface area (Å²) in [6.07, 6.45) is 1.16. The lowest BCUT2D eigenvalue weighted by molar-refractivity contribution is 0.582. The Bertz CT molecular complexity index is 501. The van der Waals surface area contributed by atoms with Crippen LogP contribution in [-0.2, 0) is 0 Å². The fourth-order valence-electron chi connectivity index (χ4n) is 1.75. The molecule has 4 heteroatoms. The summed E-state index contributed by atoms with van der Waals surface area (Å²) in [5, 5.41) is 0. The highest BCUT2D eigenvalue weighted by Crippen LogP contribution is 2.19. The number of hydrogen-bond donors (Lipinski definition) is 2. The predicted molar refractivity (Wildman–Crippen MR) is 73.2 cm³/mol. The van der Waals surface area contributed by atoms with Gasteiger partial charge in [0.05, 0.1) is 11.0 Å². The van der Waals surface area contributed by atoms with Crippen molar-refractivity contribution >= 4 is 22.7 Å². The summed E-state index contributed by atoms with van der Waals surface area (Å²) in [5.74, 6) is 1.61. The number of H-pyrrole nitrogens is 1. The topological polar surface area (TPSA) is 57.9 Å². The molecule has 0 amide bonds. The standard InChI is InChI=1S/C13H20N4/c1-9(2)6-7-17(3)13-15-11-5-4-10(14)8-12(11)16-13/h4-5,8-9H,6-7,14H2,1-3H3,(H,15,16). The van der Waals surface area contributed by atoms with Gasteiger partial charge < -0.3 is 15.6 Å². The number of imidazole rings is 1. The van der Waals surface area contributed by atoms with Gasteiger partial charge in [-0.2, -0.15) is 0 Å². The number of rotatable bonds is 4. The fourth-order valence-corrected chi connectivity index (χ4v) is 1.75. The number of benzene rings is 1. The lowest BCUT2D eigenvalue weighted by Crippen LogP contribution is -2.20. The summed E-state index contributed by atoms with van der Waals surface area (Å²) in [7, 11) is 2.06. The van der Waals surface area contributed by atoms with Crippen molar-refractivity contribution in [3.05, 3.63) is 18.2 Å². The first kappa shape index (κ1) is 11.8. The molecule has 0 spiro atoms. The van der Waals surface area contributed by atoms with Crippen LogP contribution in [0.25, 0.3) is 11.0 Å². The van der Waals surface area contributed by atoms with Crippen molar-refractivity contribution in [2.75, 3.05) is 24.2 Å². The van der Waals surface area contributed by atoms with E-state index in [1.54, 1.807) is 0 Å². The highest BCUT2D eigenvalue weighted by atomic mass is 15.2. The van der Waals surface area contributed by atoms with Crippen molar-refractivity contribution in [2.24, 2.45) is 5.92 Å². The van der Waals surface area contributed by atoms with Gasteiger partial charge in [-0.05, 0) is 30.5 Å². The zero-order valence-electron chi connectivity index (χ0n) is 10.7. The second-order valence-electron chi connectivity index (χ2n) is 4.94. The van der Waals surface area contributed by atoms with Crippen LogP contribution >= 0.6 is 0 Å². The summed E-state index contributed by atoms with van der Waals surface area (Å²) < 4.78 is 0. The van der Waals surface area contributed by atoms with E-state index < -0.39 is 0 Å². The number of anilines is 2. The molecule has 1 heterocycles. The first-order valence-corrected chi connectivity index (χ1v) is 6.02. The minimum atomic E-state index is 0.706. The van der Waals surface area contributed by atoms with Gasteiger partial charge in [-0.15, -0.1) is 0 Å². The summed E-state index contributed by atoms with van der Waals surface area (Å²) in [4.78, 5) is 9.99. The molecule has 0 aliphatic rings. The molecule has 3 N–H and O–H groups in total. The van der Waals surface area contributed by atoms with Gasteiger partial charge in [-0.25, -0.2) is 4.98 Å². The molecule has 2 rings (SSSR count). The fraction of sp³-hybridized carbons (Fsp3) is 0.462. The second kappa shape index (κ2) is 4.65. The van der Waals surface area contributed by atoms with Crippen LogP contribution in [-0.4, -0.2) is 23.6 Å². The first-order valence-electron chi connectivity index (χ1n) is 6.02. The summed E-state index contributed by atoms with van der Waals surface area (Å²) >= 11 is 0. The molecule has 0 aliphatic heterocycles. The van der Waals surface area contributed by atoms with Crippen LogP contribution < -0.4 is 10.6 Å². The number of hydrogen-bond acceptors (Lipinski definition) is 3. The van der Waals surface area contributed by atoms with Crippen LogP contribution in [0.3, 0.4) is 0 Å². The van der Waals surface area contributed by atoms with Crippen molar-refractivity contribution in [2.45, 2.75) is 20.3 Å². The third-order valence-corrected chi connectivity index (χ3v) is 2.90. The predicted octanol–water partition coefficient (Wildman–Crippen LogP) is 2.63. The van der Waals surface area contributed by atoms with Crippen LogP contribution in [0, 0.1) is 5.92 Å². The van der Waals surface area contributed by atoms with E-state index in [9.17, 15) is 0 Å². The van der Waals surface area contributed by atoms with Crippen molar-refractivity contribution in [1.29, 1.82) is 0 Å². The Morgan fingerprint density at radius 2 is 2.18 bits per heavy atom. The third-order valence-electron chi connectivity index (χ3n) is 2.90. The number of aromatic nitrogens is 2. The second-order valence-corrected chi connectivity index (χ2v) is 4.94. The van der Waals surface area contributed by atoms with E-state index >= 15 is 0 Å². The van der Waals surface area contributed by atoms with Gasteiger partial charge in [0, 0.05) is 19.3 Å². The average molecular weight is 232 g/mol. The number of nitrogens with one attached hydrogen (secondary N) is 1. The Morgan fingerprint density at radius 3 is 2.88 bits per heavy atom.